The molecule has 3 rings (SSSR count). The summed E-state index contributed by atoms with van der Waals surface area (Å²) >= 11 is 7.60. The lowest BCUT2D eigenvalue weighted by atomic mass is 10.2. The summed E-state index contributed by atoms with van der Waals surface area (Å²) in [5, 5.41) is 10.1. The first-order valence-electron chi connectivity index (χ1n) is 8.26. The van der Waals surface area contributed by atoms with Crippen molar-refractivity contribution in [3.63, 3.8) is 0 Å². The maximum absolute atomic E-state index is 12.4. The Morgan fingerprint density at radius 2 is 1.80 bits per heavy atom. The molecular weight excluding hydrogens is 356 g/mol. The Morgan fingerprint density at radius 1 is 1.08 bits per heavy atom. The first-order valence-corrected chi connectivity index (χ1v) is 9.79. The smallest absolute Gasteiger partial charge is 0.232 e. The summed E-state index contributed by atoms with van der Waals surface area (Å²) in [6.45, 7) is 3.10. The summed E-state index contributed by atoms with van der Waals surface area (Å²) in [6, 6.07) is 15.0. The SMILES string of the molecule is O=C(CSCc1cccc(Cl)c1)N1CCN(c2ccc(O)cc2)CC1. The third-order valence-corrected chi connectivity index (χ3v) is 5.45. The Bertz CT molecular complexity index is 716. The van der Waals surface area contributed by atoms with Crippen LogP contribution in [0.1, 0.15) is 5.56 Å². The number of thioether (sulfide) groups is 1. The van der Waals surface area contributed by atoms with E-state index >= 15 is 0 Å². The largest absolute Gasteiger partial charge is 0.508 e. The number of aromatic hydroxyl groups is 1. The number of rotatable bonds is 5. The lowest BCUT2D eigenvalue weighted by Crippen LogP contribution is -2.49. The van der Waals surface area contributed by atoms with Gasteiger partial charge in [0.2, 0.25) is 5.91 Å². The van der Waals surface area contributed by atoms with Gasteiger partial charge in [0.25, 0.3) is 0 Å². The van der Waals surface area contributed by atoms with Crippen molar-refractivity contribution >= 4 is 35.0 Å². The highest BCUT2D eigenvalue weighted by Crippen LogP contribution is 2.21. The lowest BCUT2D eigenvalue weighted by molar-refractivity contribution is -0.128. The number of phenolic OH excluding ortho intramolecular Hbond substituents is 1. The zero-order valence-corrected chi connectivity index (χ0v) is 15.5. The molecule has 25 heavy (non-hydrogen) atoms. The van der Waals surface area contributed by atoms with Crippen LogP contribution in [-0.2, 0) is 10.5 Å². The van der Waals surface area contributed by atoms with Crippen molar-refractivity contribution in [3.05, 3.63) is 59.1 Å². The van der Waals surface area contributed by atoms with Gasteiger partial charge in [-0.05, 0) is 42.0 Å². The normalized spacial score (nSPS) is 14.6. The molecule has 1 aliphatic heterocycles. The molecular formula is C19H21ClN2O2S. The molecule has 0 unspecified atom stereocenters. The number of nitrogens with zero attached hydrogens (tertiary/aromatic N) is 2. The van der Waals surface area contributed by atoms with E-state index in [1.165, 1.54) is 0 Å². The van der Waals surface area contributed by atoms with Gasteiger partial charge in [-0.3, -0.25) is 4.79 Å². The van der Waals surface area contributed by atoms with Crippen LogP contribution in [0.2, 0.25) is 5.02 Å². The molecule has 0 atom stereocenters. The van der Waals surface area contributed by atoms with E-state index in [0.717, 1.165) is 48.2 Å². The number of piperazine rings is 1. The van der Waals surface area contributed by atoms with Gasteiger partial charge in [0.05, 0.1) is 5.75 Å². The van der Waals surface area contributed by atoms with E-state index in [9.17, 15) is 9.90 Å². The number of carbonyl (C=O) groups is 1. The van der Waals surface area contributed by atoms with Crippen LogP contribution in [0.5, 0.6) is 5.75 Å². The van der Waals surface area contributed by atoms with Gasteiger partial charge in [-0.25, -0.2) is 0 Å². The Labute approximate surface area is 157 Å². The van der Waals surface area contributed by atoms with Gasteiger partial charge in [-0.15, -0.1) is 11.8 Å². The van der Waals surface area contributed by atoms with Crippen molar-refractivity contribution in [2.24, 2.45) is 0 Å². The van der Waals surface area contributed by atoms with E-state index in [1.54, 1.807) is 23.9 Å². The summed E-state index contributed by atoms with van der Waals surface area (Å²) < 4.78 is 0. The average molecular weight is 377 g/mol. The fourth-order valence-electron chi connectivity index (χ4n) is 2.85. The van der Waals surface area contributed by atoms with E-state index in [1.807, 2.05) is 41.3 Å². The predicted molar refractivity (Wildman–Crippen MR) is 105 cm³/mol. The number of hydrogen-bond donors (Lipinski definition) is 1. The Hall–Kier alpha value is -1.85. The fraction of sp³-hybridized carbons (Fsp3) is 0.316. The van der Waals surface area contributed by atoms with Gasteiger partial charge in [-0.2, -0.15) is 0 Å². The molecule has 6 heteroatoms. The monoisotopic (exact) mass is 376 g/mol. The third kappa shape index (κ3) is 5.06. The van der Waals surface area contributed by atoms with Crippen molar-refractivity contribution in [2.75, 3.05) is 36.8 Å². The van der Waals surface area contributed by atoms with Crippen LogP contribution in [0, 0.1) is 0 Å². The molecule has 1 amide bonds. The second kappa shape index (κ2) is 8.50. The molecule has 0 saturated carbocycles. The van der Waals surface area contributed by atoms with Crippen LogP contribution in [0.4, 0.5) is 5.69 Å². The zero-order chi connectivity index (χ0) is 17.6. The van der Waals surface area contributed by atoms with Crippen molar-refractivity contribution in [2.45, 2.75) is 5.75 Å². The molecule has 1 saturated heterocycles. The first-order chi connectivity index (χ1) is 12.1. The number of benzene rings is 2. The van der Waals surface area contributed by atoms with E-state index in [4.69, 9.17) is 11.6 Å². The molecule has 2 aromatic rings. The van der Waals surface area contributed by atoms with Crippen molar-refractivity contribution < 1.29 is 9.90 Å². The van der Waals surface area contributed by atoms with E-state index in [2.05, 4.69) is 4.90 Å². The van der Waals surface area contributed by atoms with Gasteiger partial charge >= 0.3 is 0 Å². The highest BCUT2D eigenvalue weighted by molar-refractivity contribution is 7.99. The Balaban J connectivity index is 1.43. The highest BCUT2D eigenvalue weighted by Gasteiger charge is 2.21. The molecule has 2 aromatic carbocycles. The van der Waals surface area contributed by atoms with E-state index in [-0.39, 0.29) is 11.7 Å². The van der Waals surface area contributed by atoms with Crippen molar-refractivity contribution in [1.29, 1.82) is 0 Å². The zero-order valence-electron chi connectivity index (χ0n) is 13.9. The summed E-state index contributed by atoms with van der Waals surface area (Å²) in [7, 11) is 0. The molecule has 1 N–H and O–H groups in total. The number of hydrogen-bond acceptors (Lipinski definition) is 4. The third-order valence-electron chi connectivity index (χ3n) is 4.23. The molecule has 1 fully saturated rings. The topological polar surface area (TPSA) is 43.8 Å². The predicted octanol–water partition coefficient (Wildman–Crippen LogP) is 3.63. The molecule has 0 spiro atoms. The molecule has 0 bridgehead atoms. The van der Waals surface area contributed by atoms with Crippen LogP contribution in [0.25, 0.3) is 0 Å². The van der Waals surface area contributed by atoms with Gasteiger partial charge in [-0.1, -0.05) is 23.7 Å². The number of amides is 1. The van der Waals surface area contributed by atoms with Gasteiger partial charge < -0.3 is 14.9 Å². The van der Waals surface area contributed by atoms with Crippen molar-refractivity contribution in [3.8, 4) is 5.75 Å². The number of halogens is 1. The highest BCUT2D eigenvalue weighted by atomic mass is 35.5. The van der Waals surface area contributed by atoms with Gasteiger partial charge in [0.15, 0.2) is 0 Å². The second-order valence-corrected chi connectivity index (χ2v) is 7.43. The molecule has 0 aliphatic carbocycles. The molecule has 1 heterocycles. The molecule has 0 radical (unpaired) electrons. The number of anilines is 1. The molecule has 0 aromatic heterocycles. The lowest BCUT2D eigenvalue weighted by Gasteiger charge is -2.36. The minimum atomic E-state index is 0.192. The van der Waals surface area contributed by atoms with Gasteiger partial charge in [0.1, 0.15) is 5.75 Å². The minimum absolute atomic E-state index is 0.192. The average Bonchev–Trinajstić information content (AvgIpc) is 2.62. The quantitative estimate of drug-likeness (QED) is 0.865. The molecule has 132 valence electrons. The molecule has 4 nitrogen and oxygen atoms in total. The number of carbonyl (C=O) groups excluding carboxylic acids is 1. The first kappa shape index (κ1) is 18.0. The van der Waals surface area contributed by atoms with Crippen molar-refractivity contribution in [1.82, 2.24) is 4.90 Å². The summed E-state index contributed by atoms with van der Waals surface area (Å²) in [5.74, 6) is 1.75. The summed E-state index contributed by atoms with van der Waals surface area (Å²) in [6.07, 6.45) is 0. The van der Waals surface area contributed by atoms with Gasteiger partial charge in [0, 0.05) is 42.6 Å². The summed E-state index contributed by atoms with van der Waals surface area (Å²) in [4.78, 5) is 16.5. The molecule has 1 aliphatic rings. The van der Waals surface area contributed by atoms with E-state index in [0.29, 0.717) is 5.75 Å². The second-order valence-electron chi connectivity index (χ2n) is 6.01. The maximum atomic E-state index is 12.4. The standard InChI is InChI=1S/C19H21ClN2O2S/c20-16-3-1-2-15(12-16)13-25-14-19(24)22-10-8-21(9-11-22)17-4-6-18(23)7-5-17/h1-7,12,23H,8-11,13-14H2. The summed E-state index contributed by atoms with van der Waals surface area (Å²) in [5.41, 5.74) is 2.22. The van der Waals surface area contributed by atoms with Crippen LogP contribution in [-0.4, -0.2) is 47.8 Å². The Morgan fingerprint density at radius 3 is 2.48 bits per heavy atom. The fourth-order valence-corrected chi connectivity index (χ4v) is 3.94. The van der Waals surface area contributed by atoms with Crippen LogP contribution < -0.4 is 4.90 Å². The minimum Gasteiger partial charge on any atom is -0.508 e. The Kier molecular flexibility index (Phi) is 6.10. The van der Waals surface area contributed by atoms with E-state index < -0.39 is 0 Å². The van der Waals surface area contributed by atoms with Crippen LogP contribution >= 0.6 is 23.4 Å². The van der Waals surface area contributed by atoms with Crippen LogP contribution in [0.3, 0.4) is 0 Å². The maximum Gasteiger partial charge on any atom is 0.232 e. The number of phenols is 1. The van der Waals surface area contributed by atoms with Crippen LogP contribution in [0.15, 0.2) is 48.5 Å².